The lowest BCUT2D eigenvalue weighted by Gasteiger charge is -2.29. The van der Waals surface area contributed by atoms with Crippen molar-refractivity contribution in [3.63, 3.8) is 0 Å². The van der Waals surface area contributed by atoms with Gasteiger partial charge in [0.05, 0.1) is 34.0 Å². The zero-order chi connectivity index (χ0) is 20.8. The van der Waals surface area contributed by atoms with E-state index in [0.717, 1.165) is 28.2 Å². The third-order valence-corrected chi connectivity index (χ3v) is 5.93. The Balaban J connectivity index is 1.49. The minimum Gasteiger partial charge on any atom is -0.478 e. The number of ether oxygens (including phenoxy) is 2. The highest BCUT2D eigenvalue weighted by Gasteiger charge is 2.35. The Bertz CT molecular complexity index is 1180. The molecule has 0 radical (unpaired) electrons. The molecule has 2 aliphatic heterocycles. The second-order valence-corrected chi connectivity index (χ2v) is 8.14. The summed E-state index contributed by atoms with van der Waals surface area (Å²) in [5, 5.41) is 0.879. The lowest BCUT2D eigenvalue weighted by atomic mass is 9.98. The summed E-state index contributed by atoms with van der Waals surface area (Å²) >= 11 is 12.1. The summed E-state index contributed by atoms with van der Waals surface area (Å²) in [4.78, 5) is 15.2. The number of benzene rings is 2. The lowest BCUT2D eigenvalue weighted by Crippen LogP contribution is -2.31. The van der Waals surface area contributed by atoms with E-state index in [1.807, 2.05) is 25.1 Å². The van der Waals surface area contributed by atoms with Gasteiger partial charge in [0.2, 0.25) is 5.78 Å². The monoisotopic (exact) mass is 441 g/mol. The second-order valence-electron chi connectivity index (χ2n) is 7.33. The van der Waals surface area contributed by atoms with Gasteiger partial charge in [0.1, 0.15) is 24.0 Å². The van der Waals surface area contributed by atoms with Crippen LogP contribution in [0.4, 0.5) is 0 Å². The summed E-state index contributed by atoms with van der Waals surface area (Å²) in [5.41, 5.74) is 3.00. The maximum absolute atomic E-state index is 13.1. The molecule has 2 aromatic carbocycles. The SMILES string of the molecule is Cc1cc2c(c3c1C(=O)/C(=C/c1ccc(Cl)c(Cl)c1)O3)CN(Cc1ccco1)CO2. The number of halogens is 2. The van der Waals surface area contributed by atoms with Crippen molar-refractivity contribution in [1.29, 1.82) is 0 Å². The molecule has 2 aliphatic rings. The smallest absolute Gasteiger partial charge is 0.232 e. The van der Waals surface area contributed by atoms with Crippen LogP contribution in [0.25, 0.3) is 6.08 Å². The minimum atomic E-state index is -0.153. The molecule has 7 heteroatoms. The molecule has 0 atom stereocenters. The van der Waals surface area contributed by atoms with Crippen molar-refractivity contribution in [2.24, 2.45) is 0 Å². The van der Waals surface area contributed by atoms with Crippen LogP contribution in [0.3, 0.4) is 0 Å². The van der Waals surface area contributed by atoms with Crippen LogP contribution in [0.15, 0.2) is 52.8 Å². The summed E-state index contributed by atoms with van der Waals surface area (Å²) in [6, 6.07) is 10.9. The fourth-order valence-corrected chi connectivity index (χ4v) is 4.06. The maximum atomic E-state index is 13.1. The van der Waals surface area contributed by atoms with Gasteiger partial charge in [-0.3, -0.25) is 9.69 Å². The fourth-order valence-electron chi connectivity index (χ4n) is 3.75. The molecule has 3 heterocycles. The van der Waals surface area contributed by atoms with E-state index in [-0.39, 0.29) is 11.5 Å². The summed E-state index contributed by atoms with van der Waals surface area (Å²) in [6.45, 7) is 3.52. The Morgan fingerprint density at radius 2 is 2.03 bits per heavy atom. The van der Waals surface area contributed by atoms with Gasteiger partial charge in [-0.2, -0.15) is 0 Å². The van der Waals surface area contributed by atoms with Crippen LogP contribution in [0.2, 0.25) is 10.0 Å². The first kappa shape index (κ1) is 19.2. The van der Waals surface area contributed by atoms with Crippen LogP contribution in [-0.4, -0.2) is 17.4 Å². The number of carbonyl (C=O) groups is 1. The predicted molar refractivity (Wildman–Crippen MR) is 114 cm³/mol. The van der Waals surface area contributed by atoms with Gasteiger partial charge in [0.15, 0.2) is 5.76 Å². The summed E-state index contributed by atoms with van der Waals surface area (Å²) in [6.07, 6.45) is 3.33. The number of hydrogen-bond donors (Lipinski definition) is 0. The van der Waals surface area contributed by atoms with E-state index in [1.165, 1.54) is 0 Å². The first-order valence-electron chi connectivity index (χ1n) is 9.43. The van der Waals surface area contributed by atoms with Crippen molar-refractivity contribution in [1.82, 2.24) is 4.90 Å². The Hall–Kier alpha value is -2.73. The fraction of sp³-hybridized carbons (Fsp3) is 0.174. The highest BCUT2D eigenvalue weighted by molar-refractivity contribution is 6.42. The van der Waals surface area contributed by atoms with E-state index < -0.39 is 0 Å². The predicted octanol–water partition coefficient (Wildman–Crippen LogP) is 5.86. The first-order chi connectivity index (χ1) is 14.5. The Labute approximate surface area is 183 Å². The van der Waals surface area contributed by atoms with Gasteiger partial charge in [0, 0.05) is 6.54 Å². The van der Waals surface area contributed by atoms with Gasteiger partial charge in [-0.1, -0.05) is 29.3 Å². The molecule has 152 valence electrons. The standard InChI is InChI=1S/C23H17Cl2NO4/c1-13-7-19-16(11-26(12-29-19)10-15-3-2-6-28-15)23-21(13)22(27)20(30-23)9-14-4-5-17(24)18(25)8-14/h2-9H,10-12H2,1H3/b20-9-. The highest BCUT2D eigenvalue weighted by atomic mass is 35.5. The van der Waals surface area contributed by atoms with Crippen LogP contribution in [0.5, 0.6) is 11.5 Å². The van der Waals surface area contributed by atoms with Gasteiger partial charge >= 0.3 is 0 Å². The average Bonchev–Trinajstić information content (AvgIpc) is 3.34. The molecule has 0 amide bonds. The minimum absolute atomic E-state index is 0.153. The number of ketones is 1. The molecule has 3 aromatic rings. The molecule has 30 heavy (non-hydrogen) atoms. The van der Waals surface area contributed by atoms with Crippen molar-refractivity contribution < 1.29 is 18.7 Å². The van der Waals surface area contributed by atoms with E-state index in [0.29, 0.717) is 41.2 Å². The molecule has 0 N–H and O–H groups in total. The summed E-state index contributed by atoms with van der Waals surface area (Å²) in [7, 11) is 0. The quantitative estimate of drug-likeness (QED) is 0.476. The number of nitrogens with zero attached hydrogens (tertiary/aromatic N) is 1. The first-order valence-corrected chi connectivity index (χ1v) is 10.2. The summed E-state index contributed by atoms with van der Waals surface area (Å²) in [5.74, 6) is 2.25. The van der Waals surface area contributed by atoms with Crippen molar-refractivity contribution in [2.45, 2.75) is 20.0 Å². The lowest BCUT2D eigenvalue weighted by molar-refractivity contribution is 0.0809. The molecule has 5 rings (SSSR count). The normalized spacial score (nSPS) is 16.9. The number of allylic oxidation sites excluding steroid dienone is 1. The van der Waals surface area contributed by atoms with Gasteiger partial charge in [-0.15, -0.1) is 0 Å². The van der Waals surface area contributed by atoms with Crippen LogP contribution < -0.4 is 9.47 Å². The van der Waals surface area contributed by atoms with Crippen molar-refractivity contribution in [3.05, 3.63) is 86.5 Å². The molecular formula is C23H17Cl2NO4. The topological polar surface area (TPSA) is 51.9 Å². The largest absolute Gasteiger partial charge is 0.478 e. The molecular weight excluding hydrogens is 425 g/mol. The second kappa shape index (κ2) is 7.51. The van der Waals surface area contributed by atoms with E-state index in [4.69, 9.17) is 37.1 Å². The van der Waals surface area contributed by atoms with E-state index in [1.54, 1.807) is 30.5 Å². The highest BCUT2D eigenvalue weighted by Crippen LogP contribution is 2.44. The van der Waals surface area contributed by atoms with Crippen molar-refractivity contribution in [3.8, 4) is 11.5 Å². The van der Waals surface area contributed by atoms with Crippen LogP contribution in [-0.2, 0) is 13.1 Å². The number of hydrogen-bond acceptors (Lipinski definition) is 5. The van der Waals surface area contributed by atoms with Crippen LogP contribution >= 0.6 is 23.2 Å². The number of aryl methyl sites for hydroxylation is 1. The third-order valence-electron chi connectivity index (χ3n) is 5.19. The van der Waals surface area contributed by atoms with E-state index in [2.05, 4.69) is 4.90 Å². The van der Waals surface area contributed by atoms with Gasteiger partial charge in [0.25, 0.3) is 0 Å². The Kier molecular flexibility index (Phi) is 4.82. The number of Topliss-reactive ketones (excluding diaryl/α,β-unsaturated/α-hetero) is 1. The molecule has 0 unspecified atom stereocenters. The van der Waals surface area contributed by atoms with Crippen molar-refractivity contribution in [2.75, 3.05) is 6.73 Å². The molecule has 5 nitrogen and oxygen atoms in total. The Morgan fingerprint density at radius 3 is 2.80 bits per heavy atom. The molecule has 0 bridgehead atoms. The zero-order valence-electron chi connectivity index (χ0n) is 16.1. The van der Waals surface area contributed by atoms with E-state index >= 15 is 0 Å². The number of fused-ring (bicyclic) bond motifs is 3. The van der Waals surface area contributed by atoms with Crippen LogP contribution in [0.1, 0.15) is 32.8 Å². The molecule has 0 spiro atoms. The van der Waals surface area contributed by atoms with E-state index in [9.17, 15) is 4.79 Å². The van der Waals surface area contributed by atoms with Crippen LogP contribution in [0, 0.1) is 6.92 Å². The summed E-state index contributed by atoms with van der Waals surface area (Å²) < 4.78 is 17.5. The molecule has 0 saturated carbocycles. The average molecular weight is 442 g/mol. The van der Waals surface area contributed by atoms with Gasteiger partial charge in [-0.25, -0.2) is 0 Å². The number of rotatable bonds is 3. The van der Waals surface area contributed by atoms with Gasteiger partial charge < -0.3 is 13.9 Å². The molecule has 1 aromatic heterocycles. The Morgan fingerprint density at radius 1 is 1.17 bits per heavy atom. The van der Waals surface area contributed by atoms with Gasteiger partial charge in [-0.05, 0) is 54.5 Å². The zero-order valence-corrected chi connectivity index (χ0v) is 17.6. The molecule has 0 saturated heterocycles. The number of carbonyl (C=O) groups excluding carboxylic acids is 1. The maximum Gasteiger partial charge on any atom is 0.232 e. The van der Waals surface area contributed by atoms with Crippen molar-refractivity contribution >= 4 is 35.1 Å². The third kappa shape index (κ3) is 3.39. The number of furan rings is 1. The molecule has 0 fully saturated rings. The molecule has 0 aliphatic carbocycles.